The molecule has 4 nitrogen and oxygen atoms in total. The van der Waals surface area contributed by atoms with Gasteiger partial charge in [-0.25, -0.2) is 4.98 Å². The van der Waals surface area contributed by atoms with Crippen molar-refractivity contribution in [3.05, 3.63) is 23.9 Å². The van der Waals surface area contributed by atoms with Gasteiger partial charge in [0.25, 0.3) is 0 Å². The molecule has 0 amide bonds. The molecule has 6 heteroatoms. The minimum atomic E-state index is -0.126. The maximum absolute atomic E-state index is 9.68. The van der Waals surface area contributed by atoms with Gasteiger partial charge < -0.3 is 15.2 Å². The number of nitrogens with one attached hydrogen (secondary N) is 1. The van der Waals surface area contributed by atoms with Crippen LogP contribution in [0.4, 0.5) is 0 Å². The van der Waals surface area contributed by atoms with Crippen molar-refractivity contribution in [2.75, 3.05) is 30.1 Å². The smallest absolute Gasteiger partial charge is 0.212 e. The van der Waals surface area contributed by atoms with E-state index in [0.29, 0.717) is 17.8 Å². The summed E-state index contributed by atoms with van der Waals surface area (Å²) in [5.41, 5.74) is 1.21. The molecule has 2 N–H and O–H groups in total. The molecule has 2 fully saturated rings. The highest BCUT2D eigenvalue weighted by atomic mass is 32.2. The fourth-order valence-corrected chi connectivity index (χ4v) is 5.49. The van der Waals surface area contributed by atoms with Gasteiger partial charge >= 0.3 is 0 Å². The molecular formula is C16H24N2O2S2. The van der Waals surface area contributed by atoms with Crippen LogP contribution in [0.15, 0.2) is 18.3 Å². The van der Waals surface area contributed by atoms with Crippen LogP contribution < -0.4 is 10.1 Å². The third-order valence-electron chi connectivity index (χ3n) is 4.37. The van der Waals surface area contributed by atoms with Gasteiger partial charge in [0.15, 0.2) is 0 Å². The lowest BCUT2D eigenvalue weighted by Gasteiger charge is -2.40. The maximum atomic E-state index is 9.68. The van der Waals surface area contributed by atoms with Crippen LogP contribution in [0.25, 0.3) is 0 Å². The molecule has 0 spiro atoms. The number of nitrogens with zero attached hydrogens (tertiary/aromatic N) is 1. The molecule has 1 unspecified atom stereocenters. The normalized spacial score (nSPS) is 27.7. The lowest BCUT2D eigenvalue weighted by atomic mass is 9.75. The average Bonchev–Trinajstić information content (AvgIpc) is 2.79. The molecule has 1 saturated carbocycles. The van der Waals surface area contributed by atoms with Crippen molar-refractivity contribution in [3.8, 4) is 5.88 Å². The Labute approximate surface area is 140 Å². The zero-order valence-electron chi connectivity index (χ0n) is 12.9. The minimum Gasteiger partial charge on any atom is -0.481 e. The van der Waals surface area contributed by atoms with Crippen molar-refractivity contribution >= 4 is 23.5 Å². The Balaban J connectivity index is 1.71. The number of aromatic nitrogens is 1. The molecule has 2 aliphatic rings. The number of aliphatic hydroxyl groups excluding tert-OH is 1. The lowest BCUT2D eigenvalue weighted by Crippen LogP contribution is -2.44. The summed E-state index contributed by atoms with van der Waals surface area (Å²) < 4.78 is 5.16. The highest BCUT2D eigenvalue weighted by Gasteiger charge is 2.36. The fourth-order valence-electron chi connectivity index (χ4n) is 3.07. The maximum Gasteiger partial charge on any atom is 0.212 e. The third kappa shape index (κ3) is 4.10. The van der Waals surface area contributed by atoms with Gasteiger partial charge in [-0.2, -0.15) is 23.5 Å². The summed E-state index contributed by atoms with van der Waals surface area (Å²) in [6.45, 7) is 0. The highest BCUT2D eigenvalue weighted by Crippen LogP contribution is 2.38. The minimum absolute atomic E-state index is 0.126. The summed E-state index contributed by atoms with van der Waals surface area (Å²) in [5, 5.41) is 13.5. The topological polar surface area (TPSA) is 54.4 Å². The average molecular weight is 341 g/mol. The Hall–Kier alpha value is -0.430. The van der Waals surface area contributed by atoms with Crippen molar-refractivity contribution in [1.29, 1.82) is 0 Å². The summed E-state index contributed by atoms with van der Waals surface area (Å²) in [6, 6.07) is 4.84. The first-order chi connectivity index (χ1) is 10.8. The Bertz CT molecular complexity index is 458. The molecule has 22 heavy (non-hydrogen) atoms. The number of methoxy groups -OCH3 is 1. The number of pyridine rings is 1. The van der Waals surface area contributed by atoms with Crippen LogP contribution in [0.2, 0.25) is 0 Å². The van der Waals surface area contributed by atoms with E-state index in [9.17, 15) is 5.11 Å². The number of hydrogen-bond donors (Lipinski definition) is 2. The van der Waals surface area contributed by atoms with E-state index in [1.54, 1.807) is 7.11 Å². The Morgan fingerprint density at radius 3 is 2.55 bits per heavy atom. The van der Waals surface area contributed by atoms with E-state index in [1.807, 2.05) is 35.8 Å². The van der Waals surface area contributed by atoms with E-state index in [1.165, 1.54) is 28.6 Å². The molecule has 1 atom stereocenters. The molecule has 1 saturated heterocycles. The predicted molar refractivity (Wildman–Crippen MR) is 93.8 cm³/mol. The monoisotopic (exact) mass is 340 g/mol. The molecule has 0 radical (unpaired) electrons. The first-order valence-electron chi connectivity index (χ1n) is 7.86. The molecule has 3 rings (SSSR count). The van der Waals surface area contributed by atoms with Gasteiger partial charge in [0.05, 0.1) is 13.2 Å². The van der Waals surface area contributed by atoms with Gasteiger partial charge in [-0.05, 0) is 24.3 Å². The van der Waals surface area contributed by atoms with Crippen molar-refractivity contribution in [2.24, 2.45) is 5.92 Å². The van der Waals surface area contributed by atoms with E-state index < -0.39 is 0 Å². The summed E-state index contributed by atoms with van der Waals surface area (Å²) in [4.78, 5) is 4.35. The van der Waals surface area contributed by atoms with Crippen LogP contribution >= 0.6 is 23.5 Å². The Morgan fingerprint density at radius 1 is 1.27 bits per heavy atom. The first-order valence-corrected chi connectivity index (χ1v) is 10.2. The molecule has 1 aliphatic heterocycles. The van der Waals surface area contributed by atoms with Gasteiger partial charge in [0, 0.05) is 47.4 Å². The number of rotatable bonds is 5. The standard InChI is InChI=1S/C16H24N2O2S2/c1-20-15-3-2-11(8-17-15)16(12-6-14(19)7-12)18-13-9-21-4-5-22-10-13/h2-3,8,12-14,16,18-19H,4-7,9-10H2,1H3. The number of hydrogen-bond acceptors (Lipinski definition) is 6. The molecule has 122 valence electrons. The molecule has 1 aromatic rings. The second kappa shape index (κ2) is 7.90. The lowest BCUT2D eigenvalue weighted by molar-refractivity contribution is 0.0227. The van der Waals surface area contributed by atoms with Crippen LogP contribution in [0.1, 0.15) is 24.4 Å². The fraction of sp³-hybridized carbons (Fsp3) is 0.688. The van der Waals surface area contributed by atoms with Gasteiger partial charge in [-0.15, -0.1) is 0 Å². The van der Waals surface area contributed by atoms with Crippen molar-refractivity contribution in [3.63, 3.8) is 0 Å². The van der Waals surface area contributed by atoms with E-state index in [0.717, 1.165) is 12.8 Å². The second-order valence-corrected chi connectivity index (χ2v) is 8.31. The van der Waals surface area contributed by atoms with Crippen molar-refractivity contribution < 1.29 is 9.84 Å². The van der Waals surface area contributed by atoms with E-state index in [4.69, 9.17) is 4.74 Å². The van der Waals surface area contributed by atoms with Crippen molar-refractivity contribution in [1.82, 2.24) is 10.3 Å². The van der Waals surface area contributed by atoms with Gasteiger partial charge in [-0.3, -0.25) is 0 Å². The number of thioether (sulfide) groups is 2. The van der Waals surface area contributed by atoms with Crippen LogP contribution in [0.5, 0.6) is 5.88 Å². The van der Waals surface area contributed by atoms with Gasteiger partial charge in [-0.1, -0.05) is 6.07 Å². The highest BCUT2D eigenvalue weighted by molar-refractivity contribution is 8.03. The van der Waals surface area contributed by atoms with Crippen LogP contribution in [-0.2, 0) is 0 Å². The molecule has 0 bridgehead atoms. The number of aliphatic hydroxyl groups is 1. The Kier molecular flexibility index (Phi) is 5.90. The Morgan fingerprint density at radius 2 is 2.00 bits per heavy atom. The quantitative estimate of drug-likeness (QED) is 0.858. The van der Waals surface area contributed by atoms with Gasteiger partial charge in [0.2, 0.25) is 5.88 Å². The third-order valence-corrected chi connectivity index (χ3v) is 6.89. The SMILES string of the molecule is COc1ccc(C(NC2CSCCSC2)C2CC(O)C2)cn1. The summed E-state index contributed by atoms with van der Waals surface area (Å²) in [7, 11) is 1.64. The summed E-state index contributed by atoms with van der Waals surface area (Å²) in [5.74, 6) is 5.99. The van der Waals surface area contributed by atoms with Crippen LogP contribution in [-0.4, -0.2) is 52.4 Å². The van der Waals surface area contributed by atoms with Crippen LogP contribution in [0.3, 0.4) is 0 Å². The molecule has 0 aromatic carbocycles. The second-order valence-electron chi connectivity index (χ2n) is 6.01. The van der Waals surface area contributed by atoms with Gasteiger partial charge in [0.1, 0.15) is 0 Å². The molecular weight excluding hydrogens is 316 g/mol. The summed E-state index contributed by atoms with van der Waals surface area (Å²) >= 11 is 4.07. The molecule has 1 aromatic heterocycles. The zero-order valence-corrected chi connectivity index (χ0v) is 14.5. The first kappa shape index (κ1) is 16.4. The molecule has 2 heterocycles. The van der Waals surface area contributed by atoms with E-state index in [-0.39, 0.29) is 12.1 Å². The van der Waals surface area contributed by atoms with Crippen molar-refractivity contribution in [2.45, 2.75) is 31.0 Å². The van der Waals surface area contributed by atoms with Crippen LogP contribution in [0, 0.1) is 5.92 Å². The largest absolute Gasteiger partial charge is 0.481 e. The van der Waals surface area contributed by atoms with E-state index in [2.05, 4.69) is 16.4 Å². The zero-order chi connectivity index (χ0) is 15.4. The predicted octanol–water partition coefficient (Wildman–Crippen LogP) is 2.34. The van der Waals surface area contributed by atoms with E-state index >= 15 is 0 Å². The number of ether oxygens (including phenoxy) is 1. The summed E-state index contributed by atoms with van der Waals surface area (Å²) in [6.07, 6.45) is 3.56. The molecule has 1 aliphatic carbocycles.